The van der Waals surface area contributed by atoms with Crippen molar-refractivity contribution in [2.75, 3.05) is 6.61 Å². The maximum atomic E-state index is 11.2. The largest absolute Gasteiger partial charge is 0.485 e. The van der Waals surface area contributed by atoms with E-state index in [-0.39, 0.29) is 12.4 Å². The fraction of sp³-hybridized carbons (Fsp3) is 0.182. The number of benzene rings is 1. The Morgan fingerprint density at radius 1 is 1.50 bits per heavy atom. The van der Waals surface area contributed by atoms with Crippen LogP contribution in [0.3, 0.4) is 0 Å². The molecule has 1 aromatic carbocycles. The van der Waals surface area contributed by atoms with Gasteiger partial charge >= 0.3 is 0 Å². The zero-order valence-electron chi connectivity index (χ0n) is 7.82. The lowest BCUT2D eigenvalue weighted by molar-refractivity contribution is 0.0961. The Balaban J connectivity index is 2.28. The van der Waals surface area contributed by atoms with E-state index in [2.05, 4.69) is 0 Å². The van der Waals surface area contributed by atoms with E-state index in [4.69, 9.17) is 9.47 Å². The molecule has 1 aliphatic heterocycles. The Kier molecular flexibility index (Phi) is 2.23. The molecule has 1 aromatic rings. The van der Waals surface area contributed by atoms with E-state index in [1.807, 2.05) is 6.92 Å². The van der Waals surface area contributed by atoms with Gasteiger partial charge in [-0.25, -0.2) is 0 Å². The molecule has 0 radical (unpaired) electrons. The summed E-state index contributed by atoms with van der Waals surface area (Å²) in [5.41, 5.74) is 0.637. The second-order valence-corrected chi connectivity index (χ2v) is 2.96. The maximum absolute atomic E-state index is 11.2. The summed E-state index contributed by atoms with van der Waals surface area (Å²) in [7, 11) is 0. The number of ether oxygens (including phenoxy) is 2. The lowest BCUT2D eigenvalue weighted by Crippen LogP contribution is -1.98. The van der Waals surface area contributed by atoms with Crippen molar-refractivity contribution in [2.45, 2.75) is 6.92 Å². The second kappa shape index (κ2) is 3.54. The van der Waals surface area contributed by atoms with Gasteiger partial charge in [-0.2, -0.15) is 0 Å². The van der Waals surface area contributed by atoms with Crippen molar-refractivity contribution in [3.05, 3.63) is 36.1 Å². The highest BCUT2D eigenvalue weighted by molar-refractivity contribution is 6.02. The number of Topliss-reactive ketones (excluding diaryl/α,β-unsaturated/α-hetero) is 1. The Morgan fingerprint density at radius 2 is 2.36 bits per heavy atom. The SMILES string of the molecule is CC=COc1ccc2c(c1)OCC2=O. The zero-order valence-corrected chi connectivity index (χ0v) is 7.82. The van der Waals surface area contributed by atoms with E-state index in [0.29, 0.717) is 17.1 Å². The number of hydrogen-bond donors (Lipinski definition) is 0. The van der Waals surface area contributed by atoms with Gasteiger partial charge in [0.2, 0.25) is 5.78 Å². The molecular weight excluding hydrogens is 180 g/mol. The first-order chi connectivity index (χ1) is 6.81. The molecule has 14 heavy (non-hydrogen) atoms. The highest BCUT2D eigenvalue weighted by Gasteiger charge is 2.20. The lowest BCUT2D eigenvalue weighted by Gasteiger charge is -2.01. The molecule has 1 heterocycles. The minimum absolute atomic E-state index is 0.0255. The minimum atomic E-state index is 0.0255. The molecule has 3 nitrogen and oxygen atoms in total. The van der Waals surface area contributed by atoms with Gasteiger partial charge in [-0.1, -0.05) is 6.08 Å². The van der Waals surface area contributed by atoms with Crippen molar-refractivity contribution < 1.29 is 14.3 Å². The van der Waals surface area contributed by atoms with Crippen molar-refractivity contribution >= 4 is 5.78 Å². The Labute approximate surface area is 81.9 Å². The highest BCUT2D eigenvalue weighted by atomic mass is 16.5. The van der Waals surface area contributed by atoms with Crippen LogP contribution in [0.5, 0.6) is 11.5 Å². The molecule has 2 rings (SSSR count). The molecular formula is C11H10O3. The van der Waals surface area contributed by atoms with E-state index >= 15 is 0 Å². The minimum Gasteiger partial charge on any atom is -0.485 e. The first-order valence-electron chi connectivity index (χ1n) is 4.39. The summed E-state index contributed by atoms with van der Waals surface area (Å²) < 4.78 is 10.4. The monoisotopic (exact) mass is 190 g/mol. The average Bonchev–Trinajstić information content (AvgIpc) is 2.57. The van der Waals surface area contributed by atoms with E-state index < -0.39 is 0 Å². The predicted octanol–water partition coefficient (Wildman–Crippen LogP) is 2.17. The summed E-state index contributed by atoms with van der Waals surface area (Å²) in [5.74, 6) is 1.31. The molecule has 1 aliphatic rings. The number of carbonyl (C=O) groups is 1. The van der Waals surface area contributed by atoms with E-state index in [1.165, 1.54) is 0 Å². The maximum Gasteiger partial charge on any atom is 0.203 e. The van der Waals surface area contributed by atoms with Crippen LogP contribution in [0, 0.1) is 0 Å². The standard InChI is InChI=1S/C11H10O3/c1-2-5-13-8-3-4-9-10(12)7-14-11(9)6-8/h2-6H,7H2,1H3. The molecule has 0 bridgehead atoms. The van der Waals surface area contributed by atoms with Gasteiger partial charge < -0.3 is 9.47 Å². The molecule has 0 N–H and O–H groups in total. The van der Waals surface area contributed by atoms with Crippen molar-refractivity contribution in [3.8, 4) is 11.5 Å². The number of allylic oxidation sites excluding steroid dienone is 1. The number of ketones is 1. The average molecular weight is 190 g/mol. The van der Waals surface area contributed by atoms with Gasteiger partial charge in [-0.05, 0) is 19.1 Å². The topological polar surface area (TPSA) is 35.5 Å². The summed E-state index contributed by atoms with van der Waals surface area (Å²) >= 11 is 0. The van der Waals surface area contributed by atoms with Crippen LogP contribution in [0.25, 0.3) is 0 Å². The summed E-state index contributed by atoms with van der Waals surface area (Å²) in [6.45, 7) is 2.01. The van der Waals surface area contributed by atoms with Crippen molar-refractivity contribution in [3.63, 3.8) is 0 Å². The third-order valence-corrected chi connectivity index (χ3v) is 1.95. The van der Waals surface area contributed by atoms with E-state index in [0.717, 1.165) is 0 Å². The Hall–Kier alpha value is -1.77. The van der Waals surface area contributed by atoms with Gasteiger partial charge in [-0.3, -0.25) is 4.79 Å². The van der Waals surface area contributed by atoms with Crippen LogP contribution in [0.15, 0.2) is 30.5 Å². The van der Waals surface area contributed by atoms with Crippen LogP contribution in [-0.2, 0) is 0 Å². The molecule has 0 amide bonds. The van der Waals surface area contributed by atoms with Crippen molar-refractivity contribution in [2.24, 2.45) is 0 Å². The van der Waals surface area contributed by atoms with Crippen LogP contribution in [0.4, 0.5) is 0 Å². The van der Waals surface area contributed by atoms with Crippen LogP contribution in [0.2, 0.25) is 0 Å². The third-order valence-electron chi connectivity index (χ3n) is 1.95. The van der Waals surface area contributed by atoms with E-state index in [9.17, 15) is 4.79 Å². The summed E-state index contributed by atoms with van der Waals surface area (Å²) in [6, 6.07) is 5.20. The normalized spacial score (nSPS) is 14.2. The highest BCUT2D eigenvalue weighted by Crippen LogP contribution is 2.29. The van der Waals surface area contributed by atoms with Crippen molar-refractivity contribution in [1.82, 2.24) is 0 Å². The molecule has 0 saturated carbocycles. The van der Waals surface area contributed by atoms with E-state index in [1.54, 1.807) is 30.5 Å². The fourth-order valence-corrected chi connectivity index (χ4v) is 1.29. The Morgan fingerprint density at radius 3 is 3.14 bits per heavy atom. The molecule has 72 valence electrons. The van der Waals surface area contributed by atoms with Crippen LogP contribution < -0.4 is 9.47 Å². The van der Waals surface area contributed by atoms with Gasteiger partial charge in [0.05, 0.1) is 11.8 Å². The van der Waals surface area contributed by atoms with Gasteiger partial charge in [0.1, 0.15) is 11.5 Å². The third kappa shape index (κ3) is 1.48. The molecule has 0 spiro atoms. The molecule has 0 saturated heterocycles. The molecule has 0 fully saturated rings. The summed E-state index contributed by atoms with van der Waals surface area (Å²) in [5, 5.41) is 0. The molecule has 0 aromatic heterocycles. The Bertz CT molecular complexity index is 394. The number of rotatable bonds is 2. The van der Waals surface area contributed by atoms with Crippen LogP contribution in [0.1, 0.15) is 17.3 Å². The number of hydrogen-bond acceptors (Lipinski definition) is 3. The lowest BCUT2D eigenvalue weighted by atomic mass is 10.1. The molecule has 0 aliphatic carbocycles. The molecule has 3 heteroatoms. The first-order valence-corrected chi connectivity index (χ1v) is 4.39. The van der Waals surface area contributed by atoms with Crippen LogP contribution in [-0.4, -0.2) is 12.4 Å². The second-order valence-electron chi connectivity index (χ2n) is 2.96. The van der Waals surface area contributed by atoms with Gasteiger partial charge in [0, 0.05) is 6.07 Å². The predicted molar refractivity (Wildman–Crippen MR) is 51.7 cm³/mol. The zero-order chi connectivity index (χ0) is 9.97. The van der Waals surface area contributed by atoms with Gasteiger partial charge in [0.25, 0.3) is 0 Å². The first kappa shape index (κ1) is 8.81. The molecule has 0 atom stereocenters. The number of fused-ring (bicyclic) bond motifs is 1. The van der Waals surface area contributed by atoms with Gasteiger partial charge in [-0.15, -0.1) is 0 Å². The fourth-order valence-electron chi connectivity index (χ4n) is 1.29. The smallest absolute Gasteiger partial charge is 0.203 e. The molecule has 0 unspecified atom stereocenters. The number of carbonyl (C=O) groups excluding carboxylic acids is 1. The summed E-state index contributed by atoms with van der Waals surface area (Å²) in [4.78, 5) is 11.2. The van der Waals surface area contributed by atoms with Crippen LogP contribution >= 0.6 is 0 Å². The van der Waals surface area contributed by atoms with Gasteiger partial charge in [0.15, 0.2) is 6.61 Å². The van der Waals surface area contributed by atoms with Crippen molar-refractivity contribution in [1.29, 1.82) is 0 Å². The quantitative estimate of drug-likeness (QED) is 0.670. The summed E-state index contributed by atoms with van der Waals surface area (Å²) in [6.07, 6.45) is 3.37.